The summed E-state index contributed by atoms with van der Waals surface area (Å²) in [5.74, 6) is 1.84. The molecule has 9 heteroatoms. The maximum absolute atomic E-state index is 14.0. The Bertz CT molecular complexity index is 1440. The average molecular weight is 685 g/mol. The zero-order valence-electron chi connectivity index (χ0n) is 26.0. The first kappa shape index (κ1) is 31.6. The summed E-state index contributed by atoms with van der Waals surface area (Å²) in [5, 5.41) is 3.15. The van der Waals surface area contributed by atoms with Gasteiger partial charge < -0.3 is 10.2 Å². The number of sulfonamides is 1. The molecule has 5 saturated carbocycles. The van der Waals surface area contributed by atoms with Crippen molar-refractivity contribution in [2.24, 2.45) is 17.8 Å². The van der Waals surface area contributed by atoms with Crippen molar-refractivity contribution in [1.29, 1.82) is 0 Å². The first-order valence-corrected chi connectivity index (χ1v) is 19.1. The summed E-state index contributed by atoms with van der Waals surface area (Å²) in [5.41, 5.74) is 2.86. The number of amides is 2. The summed E-state index contributed by atoms with van der Waals surface area (Å²) in [4.78, 5) is 29.0. The number of nitrogens with one attached hydrogen (secondary N) is 1. The molecule has 2 aromatic carbocycles. The quantitative estimate of drug-likeness (QED) is 0.308. The molecule has 0 spiro atoms. The average Bonchev–Trinajstić information content (AvgIpc) is 2.97. The van der Waals surface area contributed by atoms with Crippen molar-refractivity contribution >= 4 is 43.5 Å². The molecule has 0 aromatic heterocycles. The SMILES string of the molecule is C[C@H](C(=O)NC1CCCCC1)N(Cc1cccc(Br)c1)C(=O)CN(c1ccc(C23CC4CC(CC(C4)C2)C3)cc1)S(C)(=O)=O. The number of halogens is 1. The molecule has 0 unspecified atom stereocenters. The molecule has 5 fully saturated rings. The number of rotatable bonds is 10. The summed E-state index contributed by atoms with van der Waals surface area (Å²) < 4.78 is 28.3. The van der Waals surface area contributed by atoms with Gasteiger partial charge in [0.25, 0.3) is 0 Å². The smallest absolute Gasteiger partial charge is 0.244 e. The predicted octanol–water partition coefficient (Wildman–Crippen LogP) is 6.55. The minimum absolute atomic E-state index is 0.113. The van der Waals surface area contributed by atoms with Crippen LogP contribution in [0, 0.1) is 17.8 Å². The van der Waals surface area contributed by atoms with E-state index in [-0.39, 0.29) is 30.5 Å². The molecule has 1 atom stereocenters. The van der Waals surface area contributed by atoms with E-state index in [9.17, 15) is 18.0 Å². The van der Waals surface area contributed by atoms with Gasteiger partial charge in [-0.25, -0.2) is 8.42 Å². The Morgan fingerprint density at radius 2 is 1.57 bits per heavy atom. The molecule has 2 aromatic rings. The van der Waals surface area contributed by atoms with Gasteiger partial charge in [-0.05, 0) is 117 Å². The number of hydrogen-bond acceptors (Lipinski definition) is 4. The molecule has 0 radical (unpaired) electrons. The largest absolute Gasteiger partial charge is 0.352 e. The Labute approximate surface area is 271 Å². The van der Waals surface area contributed by atoms with Crippen LogP contribution in [0.25, 0.3) is 0 Å². The van der Waals surface area contributed by atoms with E-state index < -0.39 is 22.0 Å². The van der Waals surface area contributed by atoms with Crippen molar-refractivity contribution in [2.75, 3.05) is 17.1 Å². The molecule has 1 N–H and O–H groups in total. The zero-order valence-corrected chi connectivity index (χ0v) is 28.4. The lowest BCUT2D eigenvalue weighted by Crippen LogP contribution is -2.53. The number of anilines is 1. The van der Waals surface area contributed by atoms with E-state index in [1.807, 2.05) is 36.4 Å². The monoisotopic (exact) mass is 683 g/mol. The second kappa shape index (κ2) is 12.8. The summed E-state index contributed by atoms with van der Waals surface area (Å²) in [6, 6.07) is 14.9. The van der Waals surface area contributed by atoms with Crippen molar-refractivity contribution in [3.8, 4) is 0 Å². The maximum atomic E-state index is 14.0. The second-order valence-corrected chi connectivity index (χ2v) is 17.0. The van der Waals surface area contributed by atoms with Crippen molar-refractivity contribution in [2.45, 2.75) is 102 Å². The van der Waals surface area contributed by atoms with Crippen LogP contribution in [-0.2, 0) is 31.6 Å². The van der Waals surface area contributed by atoms with Gasteiger partial charge in [0.15, 0.2) is 0 Å². The second-order valence-electron chi connectivity index (χ2n) is 14.2. The normalized spacial score (nSPS) is 27.1. The van der Waals surface area contributed by atoms with Crippen LogP contribution in [0.5, 0.6) is 0 Å². The van der Waals surface area contributed by atoms with Gasteiger partial charge in [0.1, 0.15) is 12.6 Å². The Morgan fingerprint density at radius 1 is 0.955 bits per heavy atom. The lowest BCUT2D eigenvalue weighted by Gasteiger charge is -2.57. The van der Waals surface area contributed by atoms with Gasteiger partial charge in [0, 0.05) is 17.1 Å². The van der Waals surface area contributed by atoms with Gasteiger partial charge >= 0.3 is 0 Å². The van der Waals surface area contributed by atoms with Crippen LogP contribution in [0.1, 0.15) is 88.7 Å². The third-order valence-corrected chi connectivity index (χ3v) is 12.5. The molecule has 2 amide bonds. The number of nitrogens with zero attached hydrogens (tertiary/aromatic N) is 2. The molecule has 0 aliphatic heterocycles. The molecule has 238 valence electrons. The lowest BCUT2D eigenvalue weighted by molar-refractivity contribution is -0.139. The van der Waals surface area contributed by atoms with E-state index in [1.54, 1.807) is 6.92 Å². The fourth-order valence-electron chi connectivity index (χ4n) is 9.04. The third kappa shape index (κ3) is 6.88. The highest BCUT2D eigenvalue weighted by Gasteiger charge is 2.51. The van der Waals surface area contributed by atoms with Gasteiger partial charge in [-0.2, -0.15) is 0 Å². The van der Waals surface area contributed by atoms with Gasteiger partial charge in [-0.15, -0.1) is 0 Å². The lowest BCUT2D eigenvalue weighted by atomic mass is 9.48. The van der Waals surface area contributed by atoms with Crippen LogP contribution in [0.3, 0.4) is 0 Å². The minimum Gasteiger partial charge on any atom is -0.352 e. The van der Waals surface area contributed by atoms with E-state index in [1.165, 1.54) is 59.7 Å². The molecule has 7 rings (SSSR count). The molecule has 4 bridgehead atoms. The van der Waals surface area contributed by atoms with Crippen LogP contribution in [0.15, 0.2) is 53.0 Å². The van der Waals surface area contributed by atoms with Crippen LogP contribution < -0.4 is 9.62 Å². The predicted molar refractivity (Wildman–Crippen MR) is 178 cm³/mol. The molecule has 5 aliphatic carbocycles. The molecular formula is C35H46BrN3O4S. The van der Waals surface area contributed by atoms with Crippen molar-refractivity contribution in [3.05, 3.63) is 64.1 Å². The highest BCUT2D eigenvalue weighted by atomic mass is 79.9. The number of carbonyl (C=O) groups excluding carboxylic acids is 2. The summed E-state index contributed by atoms with van der Waals surface area (Å²) in [6.45, 7) is 1.56. The Hall–Kier alpha value is -2.39. The Kier molecular flexibility index (Phi) is 9.17. The first-order valence-electron chi connectivity index (χ1n) is 16.4. The van der Waals surface area contributed by atoms with Crippen LogP contribution >= 0.6 is 15.9 Å². The zero-order chi connectivity index (χ0) is 31.1. The van der Waals surface area contributed by atoms with E-state index in [0.717, 1.165) is 59.7 Å². The number of carbonyl (C=O) groups is 2. The van der Waals surface area contributed by atoms with Gasteiger partial charge in [-0.1, -0.05) is 59.5 Å². The van der Waals surface area contributed by atoms with E-state index in [4.69, 9.17) is 0 Å². The fourth-order valence-corrected chi connectivity index (χ4v) is 10.3. The van der Waals surface area contributed by atoms with Crippen LogP contribution in [0.4, 0.5) is 5.69 Å². The van der Waals surface area contributed by atoms with Gasteiger partial charge in [0.2, 0.25) is 21.8 Å². The molecule has 44 heavy (non-hydrogen) atoms. The molecule has 0 saturated heterocycles. The Balaban J connectivity index is 1.22. The Morgan fingerprint density at radius 3 is 2.14 bits per heavy atom. The van der Waals surface area contributed by atoms with Crippen LogP contribution in [-0.4, -0.2) is 50.0 Å². The first-order chi connectivity index (χ1) is 21.0. The molecular weight excluding hydrogens is 638 g/mol. The van der Waals surface area contributed by atoms with Gasteiger partial charge in [-0.3, -0.25) is 13.9 Å². The standard InChI is InChI=1S/C35H46BrN3O4S/c1-24(34(41)37-31-9-4-3-5-10-31)38(22-25-7-6-8-30(36)18-25)33(40)23-39(44(2,42)43)32-13-11-29(12-14-32)35-19-26-15-27(20-35)17-28(16-26)21-35/h6-8,11-14,18,24,26-28,31H,3-5,9-10,15-17,19-23H2,1-2H3,(H,37,41)/t24-,26?,27?,28?,35?/m1/s1. The highest BCUT2D eigenvalue weighted by Crippen LogP contribution is 2.60. The summed E-state index contributed by atoms with van der Waals surface area (Å²) in [6.07, 6.45) is 14.2. The summed E-state index contributed by atoms with van der Waals surface area (Å²) in [7, 11) is -3.77. The molecule has 5 aliphatic rings. The van der Waals surface area contributed by atoms with Crippen LogP contribution in [0.2, 0.25) is 0 Å². The summed E-state index contributed by atoms with van der Waals surface area (Å²) >= 11 is 3.50. The van der Waals surface area contributed by atoms with E-state index >= 15 is 0 Å². The third-order valence-electron chi connectivity index (χ3n) is 10.8. The fraction of sp³-hybridized carbons (Fsp3) is 0.600. The number of hydrogen-bond donors (Lipinski definition) is 1. The molecule has 7 nitrogen and oxygen atoms in total. The number of benzene rings is 2. The topological polar surface area (TPSA) is 86.8 Å². The van der Waals surface area contributed by atoms with Crippen molar-refractivity contribution < 1.29 is 18.0 Å². The maximum Gasteiger partial charge on any atom is 0.244 e. The van der Waals surface area contributed by atoms with Crippen molar-refractivity contribution in [1.82, 2.24) is 10.2 Å². The van der Waals surface area contributed by atoms with E-state index in [2.05, 4.69) is 33.4 Å². The minimum atomic E-state index is -3.77. The van der Waals surface area contributed by atoms with Crippen molar-refractivity contribution in [3.63, 3.8) is 0 Å². The molecule has 0 heterocycles. The van der Waals surface area contributed by atoms with Gasteiger partial charge in [0.05, 0.1) is 11.9 Å². The van der Waals surface area contributed by atoms with E-state index in [0.29, 0.717) is 5.69 Å². The highest BCUT2D eigenvalue weighted by molar-refractivity contribution is 9.10.